The molecule has 0 saturated heterocycles. The van der Waals surface area contributed by atoms with Crippen LogP contribution >= 0.6 is 11.6 Å². The summed E-state index contributed by atoms with van der Waals surface area (Å²) in [7, 11) is 0. The average Bonchev–Trinajstić information content (AvgIpc) is 3.46. The van der Waals surface area contributed by atoms with Gasteiger partial charge in [0.2, 0.25) is 0 Å². The van der Waals surface area contributed by atoms with Gasteiger partial charge in [0.25, 0.3) is 0 Å². The molecule has 0 aliphatic heterocycles. The second-order valence-corrected chi connectivity index (χ2v) is 7.81. The van der Waals surface area contributed by atoms with Crippen LogP contribution in [0.3, 0.4) is 0 Å². The molecule has 4 aromatic rings. The first kappa shape index (κ1) is 23.0. The highest BCUT2D eigenvalue weighted by Gasteiger charge is 2.40. The van der Waals surface area contributed by atoms with Crippen LogP contribution in [-0.2, 0) is 23.5 Å². The van der Waals surface area contributed by atoms with Crippen LogP contribution in [0.2, 0.25) is 5.02 Å². The number of hydrogen-bond acceptors (Lipinski definition) is 6. The first-order valence-corrected chi connectivity index (χ1v) is 10.2. The van der Waals surface area contributed by atoms with E-state index in [-0.39, 0.29) is 23.7 Å². The van der Waals surface area contributed by atoms with Gasteiger partial charge in [-0.2, -0.15) is 5.10 Å². The largest absolute Gasteiger partial charge is 0.380 e. The highest BCUT2D eigenvalue weighted by molar-refractivity contribution is 6.31. The maximum absolute atomic E-state index is 14.6. The van der Waals surface area contributed by atoms with Crippen LogP contribution < -0.4 is 0 Å². The average molecular weight is 479 g/mol. The highest BCUT2D eigenvalue weighted by atomic mass is 35.5. The first-order chi connectivity index (χ1) is 15.8. The Labute approximate surface area is 191 Å². The minimum atomic E-state index is -1.92. The fraction of sp³-hybridized carbons (Fsp3) is 0.227. The van der Waals surface area contributed by atoms with Gasteiger partial charge in [0, 0.05) is 23.3 Å². The zero-order valence-electron chi connectivity index (χ0n) is 17.3. The topological polar surface area (TPSA) is 86.2 Å². The van der Waals surface area contributed by atoms with Gasteiger partial charge in [-0.05, 0) is 31.2 Å². The number of benzene rings is 2. The minimum absolute atomic E-state index is 0.0542. The molecule has 7 nitrogen and oxygen atoms in total. The van der Waals surface area contributed by atoms with E-state index in [4.69, 9.17) is 20.9 Å². The minimum Gasteiger partial charge on any atom is -0.380 e. The normalized spacial score (nSPS) is 14.2. The molecule has 0 saturated carbocycles. The molecule has 2 aromatic carbocycles. The monoisotopic (exact) mass is 478 g/mol. The number of rotatable bonds is 8. The molecule has 0 amide bonds. The Morgan fingerprint density at radius 1 is 1.15 bits per heavy atom. The molecule has 11 heteroatoms. The molecule has 172 valence electrons. The summed E-state index contributed by atoms with van der Waals surface area (Å²) < 4.78 is 53.8. The third-order valence-electron chi connectivity index (χ3n) is 5.19. The molecule has 1 N–H and O–H groups in total. The number of ether oxygens (including phenoxy) is 1. The molecule has 2 atom stereocenters. The lowest BCUT2D eigenvalue weighted by molar-refractivity contribution is -0.126. The highest BCUT2D eigenvalue weighted by Crippen LogP contribution is 2.32. The van der Waals surface area contributed by atoms with Gasteiger partial charge in [-0.1, -0.05) is 22.8 Å². The Bertz CT molecular complexity index is 1250. The van der Waals surface area contributed by atoms with Crippen molar-refractivity contribution in [2.75, 3.05) is 0 Å². The molecule has 0 fully saturated rings. The van der Waals surface area contributed by atoms with Gasteiger partial charge < -0.3 is 14.4 Å². The molecule has 33 heavy (non-hydrogen) atoms. The summed E-state index contributed by atoms with van der Waals surface area (Å²) in [4.78, 5) is 3.82. The van der Waals surface area contributed by atoms with Crippen molar-refractivity contribution in [1.82, 2.24) is 19.9 Å². The first-order valence-electron chi connectivity index (χ1n) is 9.79. The summed E-state index contributed by atoms with van der Waals surface area (Å²) in [5.41, 5.74) is -1.13. The summed E-state index contributed by atoms with van der Waals surface area (Å²) in [6, 6.07) is 8.60. The second kappa shape index (κ2) is 9.34. The third kappa shape index (κ3) is 4.92. The van der Waals surface area contributed by atoms with Crippen molar-refractivity contribution < 1.29 is 27.5 Å². The van der Waals surface area contributed by atoms with E-state index in [9.17, 15) is 18.3 Å². The van der Waals surface area contributed by atoms with Crippen LogP contribution in [0.4, 0.5) is 13.2 Å². The van der Waals surface area contributed by atoms with Gasteiger partial charge in [-0.3, -0.25) is 0 Å². The van der Waals surface area contributed by atoms with E-state index in [1.165, 1.54) is 42.5 Å². The molecule has 2 aromatic heterocycles. The predicted octanol–water partition coefficient (Wildman–Crippen LogP) is 4.50. The van der Waals surface area contributed by atoms with E-state index in [0.29, 0.717) is 23.1 Å². The van der Waals surface area contributed by atoms with Crippen LogP contribution in [0.25, 0.3) is 11.3 Å². The van der Waals surface area contributed by atoms with E-state index in [1.54, 1.807) is 6.07 Å². The van der Waals surface area contributed by atoms with Gasteiger partial charge in [0.15, 0.2) is 5.76 Å². The maximum atomic E-state index is 14.6. The van der Waals surface area contributed by atoms with Gasteiger partial charge >= 0.3 is 0 Å². The van der Waals surface area contributed by atoms with Gasteiger partial charge in [-0.15, -0.1) is 0 Å². The van der Waals surface area contributed by atoms with Crippen LogP contribution in [-0.4, -0.2) is 31.1 Å². The van der Waals surface area contributed by atoms with Crippen LogP contribution in [0.5, 0.6) is 0 Å². The molecule has 4 rings (SSSR count). The van der Waals surface area contributed by atoms with E-state index in [0.717, 1.165) is 12.1 Å². The van der Waals surface area contributed by atoms with Crippen molar-refractivity contribution in [2.24, 2.45) is 0 Å². The summed E-state index contributed by atoms with van der Waals surface area (Å²) in [6.07, 6.45) is 1.64. The number of halogens is 4. The van der Waals surface area contributed by atoms with Gasteiger partial charge in [0.05, 0.1) is 17.7 Å². The smallest absolute Gasteiger partial charge is 0.163 e. The number of hydrogen-bond donors (Lipinski definition) is 1. The lowest BCUT2D eigenvalue weighted by Crippen LogP contribution is -2.44. The maximum Gasteiger partial charge on any atom is 0.163 e. The van der Waals surface area contributed by atoms with E-state index in [2.05, 4.69) is 15.2 Å². The van der Waals surface area contributed by atoms with Crippen molar-refractivity contribution >= 4 is 11.6 Å². The van der Waals surface area contributed by atoms with Crippen molar-refractivity contribution in [3.8, 4) is 11.3 Å². The number of aliphatic hydroxyl groups is 1. The van der Waals surface area contributed by atoms with Crippen molar-refractivity contribution in [3.63, 3.8) is 0 Å². The fourth-order valence-electron chi connectivity index (χ4n) is 3.35. The predicted molar refractivity (Wildman–Crippen MR) is 111 cm³/mol. The van der Waals surface area contributed by atoms with E-state index < -0.39 is 29.2 Å². The molecule has 0 aliphatic rings. The van der Waals surface area contributed by atoms with Crippen molar-refractivity contribution in [1.29, 1.82) is 0 Å². The molecule has 0 aliphatic carbocycles. The van der Waals surface area contributed by atoms with Crippen molar-refractivity contribution in [3.05, 3.63) is 88.9 Å². The molecular weight excluding hydrogens is 461 g/mol. The summed E-state index contributed by atoms with van der Waals surface area (Å²) in [5, 5.41) is 19.3. The van der Waals surface area contributed by atoms with Crippen LogP contribution in [0.1, 0.15) is 18.2 Å². The summed E-state index contributed by atoms with van der Waals surface area (Å²) in [6.45, 7) is 1.22. The lowest BCUT2D eigenvalue weighted by atomic mass is 9.88. The Morgan fingerprint density at radius 3 is 2.67 bits per heavy atom. The molecular formula is C22H18ClF3N4O3. The van der Waals surface area contributed by atoms with E-state index >= 15 is 0 Å². The zero-order chi connectivity index (χ0) is 23.6. The van der Waals surface area contributed by atoms with Crippen molar-refractivity contribution in [2.45, 2.75) is 31.8 Å². The Morgan fingerprint density at radius 2 is 1.97 bits per heavy atom. The zero-order valence-corrected chi connectivity index (χ0v) is 18.0. The lowest BCUT2D eigenvalue weighted by Gasteiger charge is -2.34. The number of aromatic nitrogens is 4. The van der Waals surface area contributed by atoms with Gasteiger partial charge in [0.1, 0.15) is 48.0 Å². The SMILES string of the molecule is C[C@@H](OCc1cc(-c2ccc(F)c(Cl)c2)no1)C(O)(Cn1cncn1)c1ccc(F)cc1F. The third-order valence-corrected chi connectivity index (χ3v) is 5.48. The standard InChI is InChI=1S/C22H18ClF3N4O3/c1-13(32-9-16-8-21(29-33-16)14-2-5-19(25)18(23)6-14)22(31,10-30-12-27-11-28-30)17-4-3-15(24)7-20(17)26/h2-8,11-13,31H,9-10H2,1H3/t13-,22?/m1/s1. The van der Waals surface area contributed by atoms with Crippen LogP contribution in [0.15, 0.2) is 59.6 Å². The Balaban J connectivity index is 1.54. The Hall–Kier alpha value is -3.21. The summed E-state index contributed by atoms with van der Waals surface area (Å²) in [5.74, 6) is -1.95. The summed E-state index contributed by atoms with van der Waals surface area (Å²) >= 11 is 5.81. The quantitative estimate of drug-likeness (QED) is 0.401. The molecule has 1 unspecified atom stereocenters. The van der Waals surface area contributed by atoms with E-state index in [1.807, 2.05) is 0 Å². The number of nitrogens with zero attached hydrogens (tertiary/aromatic N) is 4. The Kier molecular flexibility index (Phi) is 6.50. The molecule has 2 heterocycles. The fourth-order valence-corrected chi connectivity index (χ4v) is 3.53. The molecule has 0 bridgehead atoms. The van der Waals surface area contributed by atoms with Gasteiger partial charge in [-0.25, -0.2) is 22.8 Å². The molecule has 0 radical (unpaired) electrons. The second-order valence-electron chi connectivity index (χ2n) is 7.40. The van der Waals surface area contributed by atoms with Crippen LogP contribution in [0, 0.1) is 17.5 Å². The molecule has 0 spiro atoms.